The van der Waals surface area contributed by atoms with E-state index in [2.05, 4.69) is 10.9 Å². The Balaban J connectivity index is 1.95. The molecule has 0 N–H and O–H groups in total. The maximum atomic E-state index is 12.0. The molecule has 3 heterocycles. The Bertz CT molecular complexity index is 514. The van der Waals surface area contributed by atoms with Gasteiger partial charge in [0.25, 0.3) is 0 Å². The zero-order chi connectivity index (χ0) is 11.9. The summed E-state index contributed by atoms with van der Waals surface area (Å²) >= 11 is 0. The molecule has 0 bridgehead atoms. The molecule has 1 amide bonds. The lowest BCUT2D eigenvalue weighted by Gasteiger charge is -2.36. The topological polar surface area (TPSA) is 42.4 Å². The van der Waals surface area contributed by atoms with Gasteiger partial charge in [-0.15, -0.1) is 6.42 Å². The van der Waals surface area contributed by atoms with Crippen molar-refractivity contribution in [2.75, 3.05) is 24.7 Å². The zero-order valence-electron chi connectivity index (χ0n) is 9.35. The van der Waals surface area contributed by atoms with Crippen molar-refractivity contribution in [3.8, 4) is 12.3 Å². The van der Waals surface area contributed by atoms with Gasteiger partial charge < -0.3 is 4.74 Å². The summed E-state index contributed by atoms with van der Waals surface area (Å²) in [7, 11) is 0. The molecular weight excluding hydrogens is 216 g/mol. The van der Waals surface area contributed by atoms with Crippen LogP contribution in [0.5, 0.6) is 0 Å². The predicted molar refractivity (Wildman–Crippen MR) is 62.4 cm³/mol. The van der Waals surface area contributed by atoms with Crippen molar-refractivity contribution >= 4 is 11.7 Å². The third-order valence-electron chi connectivity index (χ3n) is 3.34. The molecule has 4 heteroatoms. The molecular formula is C13H12N2O2. The van der Waals surface area contributed by atoms with Gasteiger partial charge in [0.2, 0.25) is 5.91 Å². The Hall–Kier alpha value is -1.86. The zero-order valence-corrected chi connectivity index (χ0v) is 9.35. The minimum atomic E-state index is 0.000470. The molecule has 0 saturated carbocycles. The average Bonchev–Trinajstić information content (AvgIpc) is 2.67. The second kappa shape index (κ2) is 3.57. The summed E-state index contributed by atoms with van der Waals surface area (Å²) in [6.07, 6.45) is 7.62. The summed E-state index contributed by atoms with van der Waals surface area (Å²) in [4.78, 5) is 17.9. The lowest BCUT2D eigenvalue weighted by atomic mass is 9.85. The van der Waals surface area contributed by atoms with E-state index < -0.39 is 0 Å². The maximum Gasteiger partial charge on any atom is 0.229 e. The van der Waals surface area contributed by atoms with Crippen LogP contribution in [0.15, 0.2) is 18.3 Å². The minimum absolute atomic E-state index is 0.000470. The fraction of sp³-hybridized carbons (Fsp3) is 0.385. The number of ether oxygens (including phenoxy) is 1. The molecule has 0 atom stereocenters. The summed E-state index contributed by atoms with van der Waals surface area (Å²) in [5.74, 6) is 3.26. The molecule has 2 aliphatic rings. The number of amides is 1. The number of carbonyl (C=O) groups is 1. The van der Waals surface area contributed by atoms with Crippen molar-refractivity contribution in [3.05, 3.63) is 23.9 Å². The SMILES string of the molecule is C#Cc1cccnc1N1CC2(COC2)CC1=O. The van der Waals surface area contributed by atoms with Crippen LogP contribution >= 0.6 is 0 Å². The first-order valence-corrected chi connectivity index (χ1v) is 5.54. The summed E-state index contributed by atoms with van der Waals surface area (Å²) in [6.45, 7) is 1.98. The van der Waals surface area contributed by atoms with Crippen molar-refractivity contribution in [2.45, 2.75) is 6.42 Å². The van der Waals surface area contributed by atoms with E-state index in [1.165, 1.54) is 0 Å². The van der Waals surface area contributed by atoms with Crippen LogP contribution in [0.3, 0.4) is 0 Å². The Labute approximate surface area is 99.6 Å². The van der Waals surface area contributed by atoms with Crippen molar-refractivity contribution in [3.63, 3.8) is 0 Å². The van der Waals surface area contributed by atoms with E-state index in [4.69, 9.17) is 11.2 Å². The van der Waals surface area contributed by atoms with Crippen LogP contribution in [0.1, 0.15) is 12.0 Å². The predicted octanol–water partition coefficient (Wildman–Crippen LogP) is 0.816. The lowest BCUT2D eigenvalue weighted by Crippen LogP contribution is -2.44. The molecule has 1 spiro atoms. The number of rotatable bonds is 1. The molecule has 0 radical (unpaired) electrons. The van der Waals surface area contributed by atoms with Gasteiger partial charge in [-0.3, -0.25) is 9.69 Å². The highest BCUT2D eigenvalue weighted by Gasteiger charge is 2.49. The van der Waals surface area contributed by atoms with Crippen LogP contribution in [-0.2, 0) is 9.53 Å². The number of hydrogen-bond acceptors (Lipinski definition) is 3. The van der Waals surface area contributed by atoms with Crippen molar-refractivity contribution in [1.82, 2.24) is 4.98 Å². The normalized spacial score (nSPS) is 21.4. The molecule has 0 unspecified atom stereocenters. The molecule has 17 heavy (non-hydrogen) atoms. The first kappa shape index (κ1) is 10.3. The smallest absolute Gasteiger partial charge is 0.229 e. The van der Waals surface area contributed by atoms with Gasteiger partial charge in [-0.2, -0.15) is 0 Å². The number of carbonyl (C=O) groups excluding carboxylic acids is 1. The van der Waals surface area contributed by atoms with E-state index in [-0.39, 0.29) is 11.3 Å². The van der Waals surface area contributed by atoms with Gasteiger partial charge in [0.05, 0.1) is 18.8 Å². The fourth-order valence-corrected chi connectivity index (χ4v) is 2.40. The van der Waals surface area contributed by atoms with Gasteiger partial charge in [0.15, 0.2) is 5.82 Å². The van der Waals surface area contributed by atoms with Crippen LogP contribution in [-0.4, -0.2) is 30.6 Å². The number of pyridine rings is 1. The number of terminal acetylenes is 1. The molecule has 0 aromatic carbocycles. The highest BCUT2D eigenvalue weighted by atomic mass is 16.5. The molecule has 2 saturated heterocycles. The van der Waals surface area contributed by atoms with Crippen molar-refractivity contribution < 1.29 is 9.53 Å². The van der Waals surface area contributed by atoms with Crippen LogP contribution in [0, 0.1) is 17.8 Å². The number of nitrogens with zero attached hydrogens (tertiary/aromatic N) is 2. The van der Waals surface area contributed by atoms with Crippen molar-refractivity contribution in [1.29, 1.82) is 0 Å². The summed E-state index contributed by atoms with van der Waals surface area (Å²) in [5.41, 5.74) is 0.665. The molecule has 86 valence electrons. The Morgan fingerprint density at radius 2 is 2.35 bits per heavy atom. The van der Waals surface area contributed by atoms with E-state index in [0.717, 1.165) is 0 Å². The van der Waals surface area contributed by atoms with Gasteiger partial charge in [-0.05, 0) is 12.1 Å². The summed E-state index contributed by atoms with van der Waals surface area (Å²) < 4.78 is 5.21. The summed E-state index contributed by atoms with van der Waals surface area (Å²) in [5, 5.41) is 0. The fourth-order valence-electron chi connectivity index (χ4n) is 2.40. The highest BCUT2D eigenvalue weighted by molar-refractivity contribution is 5.96. The quantitative estimate of drug-likeness (QED) is 0.668. The van der Waals surface area contributed by atoms with Gasteiger partial charge >= 0.3 is 0 Å². The molecule has 1 aromatic heterocycles. The minimum Gasteiger partial charge on any atom is -0.380 e. The molecule has 4 nitrogen and oxygen atoms in total. The van der Waals surface area contributed by atoms with E-state index in [1.807, 2.05) is 0 Å². The lowest BCUT2D eigenvalue weighted by molar-refractivity contribution is -0.126. The maximum absolute atomic E-state index is 12.0. The molecule has 2 fully saturated rings. The number of anilines is 1. The molecule has 2 aliphatic heterocycles. The number of aromatic nitrogens is 1. The molecule has 0 aliphatic carbocycles. The Morgan fingerprint density at radius 1 is 1.53 bits per heavy atom. The van der Waals surface area contributed by atoms with E-state index in [9.17, 15) is 4.79 Å². The Morgan fingerprint density at radius 3 is 2.94 bits per heavy atom. The highest BCUT2D eigenvalue weighted by Crippen LogP contribution is 2.40. The Kier molecular flexibility index (Phi) is 2.17. The standard InChI is InChI=1S/C13H12N2O2/c1-2-10-4-3-5-14-12(10)15-7-13(6-11(15)16)8-17-9-13/h1,3-5H,6-9H2. The summed E-state index contributed by atoms with van der Waals surface area (Å²) in [6, 6.07) is 3.58. The first-order chi connectivity index (χ1) is 8.24. The monoisotopic (exact) mass is 228 g/mol. The second-order valence-corrected chi connectivity index (χ2v) is 4.67. The second-order valence-electron chi connectivity index (χ2n) is 4.67. The van der Waals surface area contributed by atoms with E-state index in [0.29, 0.717) is 37.6 Å². The molecule has 3 rings (SSSR count). The van der Waals surface area contributed by atoms with E-state index in [1.54, 1.807) is 23.2 Å². The third kappa shape index (κ3) is 1.51. The van der Waals surface area contributed by atoms with Gasteiger partial charge in [0.1, 0.15) is 0 Å². The van der Waals surface area contributed by atoms with E-state index >= 15 is 0 Å². The van der Waals surface area contributed by atoms with Gasteiger partial charge in [0, 0.05) is 24.6 Å². The van der Waals surface area contributed by atoms with Crippen molar-refractivity contribution in [2.24, 2.45) is 5.41 Å². The van der Waals surface area contributed by atoms with Gasteiger partial charge in [-0.1, -0.05) is 5.92 Å². The third-order valence-corrected chi connectivity index (χ3v) is 3.34. The molecule has 1 aromatic rings. The van der Waals surface area contributed by atoms with Crippen LogP contribution in [0.4, 0.5) is 5.82 Å². The number of hydrogen-bond donors (Lipinski definition) is 0. The average molecular weight is 228 g/mol. The van der Waals surface area contributed by atoms with Gasteiger partial charge in [-0.25, -0.2) is 4.98 Å². The largest absolute Gasteiger partial charge is 0.380 e. The van der Waals surface area contributed by atoms with Crippen LogP contribution < -0.4 is 4.90 Å². The van der Waals surface area contributed by atoms with Crippen LogP contribution in [0.2, 0.25) is 0 Å². The first-order valence-electron chi connectivity index (χ1n) is 5.54. The van der Waals surface area contributed by atoms with Crippen LogP contribution in [0.25, 0.3) is 0 Å².